The zero-order valence-electron chi connectivity index (χ0n) is 16.8. The molecule has 3 rings (SSSR count). The molecule has 156 valence electrons. The van der Waals surface area contributed by atoms with Crippen LogP contribution in [0.1, 0.15) is 16.2 Å². The number of hydrogen-bond acceptors (Lipinski definition) is 7. The summed E-state index contributed by atoms with van der Waals surface area (Å²) in [7, 11) is 4.69. The van der Waals surface area contributed by atoms with E-state index in [0.717, 1.165) is 0 Å². The van der Waals surface area contributed by atoms with Gasteiger partial charge in [-0.05, 0) is 18.2 Å². The lowest BCUT2D eigenvalue weighted by molar-refractivity contribution is -0.139. The van der Waals surface area contributed by atoms with Gasteiger partial charge >= 0.3 is 12.0 Å². The van der Waals surface area contributed by atoms with E-state index in [1.807, 2.05) is 0 Å². The molecule has 1 aromatic heterocycles. The van der Waals surface area contributed by atoms with E-state index >= 15 is 0 Å². The number of nitrogens with zero attached hydrogens (tertiary/aromatic N) is 4. The Balaban J connectivity index is 1.55. The van der Waals surface area contributed by atoms with Gasteiger partial charge in [0, 0.05) is 45.8 Å². The highest BCUT2D eigenvalue weighted by atomic mass is 16.5. The molecule has 1 saturated heterocycles. The van der Waals surface area contributed by atoms with Gasteiger partial charge in [-0.2, -0.15) is 0 Å². The molecule has 10 nitrogen and oxygen atoms in total. The van der Waals surface area contributed by atoms with E-state index in [9.17, 15) is 14.4 Å². The molecular formula is C19H25N5O5. The van der Waals surface area contributed by atoms with Crippen LogP contribution in [0, 0.1) is 0 Å². The molecule has 0 bridgehead atoms. The number of methoxy groups -OCH3 is 1. The second-order valence-electron chi connectivity index (χ2n) is 6.99. The Kier molecular flexibility index (Phi) is 6.32. The maximum atomic E-state index is 12.1. The van der Waals surface area contributed by atoms with Crippen LogP contribution in [-0.2, 0) is 16.1 Å². The fourth-order valence-corrected chi connectivity index (χ4v) is 3.07. The van der Waals surface area contributed by atoms with E-state index in [0.29, 0.717) is 55.3 Å². The predicted molar refractivity (Wildman–Crippen MR) is 104 cm³/mol. The first-order valence-corrected chi connectivity index (χ1v) is 9.30. The Morgan fingerprint density at radius 1 is 1.21 bits per heavy atom. The zero-order valence-corrected chi connectivity index (χ0v) is 16.8. The molecule has 1 aliphatic heterocycles. The quantitative estimate of drug-likeness (QED) is 0.726. The molecule has 1 fully saturated rings. The summed E-state index contributed by atoms with van der Waals surface area (Å²) in [4.78, 5) is 45.1. The lowest BCUT2D eigenvalue weighted by Crippen LogP contribution is -2.52. The number of aromatic nitrogens is 1. The first-order chi connectivity index (χ1) is 13.9. The topological polar surface area (TPSA) is 108 Å². The van der Waals surface area contributed by atoms with Gasteiger partial charge in [0.2, 0.25) is 5.89 Å². The number of rotatable bonds is 5. The maximum absolute atomic E-state index is 12.1. The lowest BCUT2D eigenvalue weighted by Gasteiger charge is -2.33. The average molecular weight is 403 g/mol. The monoisotopic (exact) mass is 403 g/mol. The second-order valence-corrected chi connectivity index (χ2v) is 6.99. The van der Waals surface area contributed by atoms with Crippen molar-refractivity contribution in [3.8, 4) is 0 Å². The summed E-state index contributed by atoms with van der Waals surface area (Å²) in [5.74, 6) is -0.000484. The summed E-state index contributed by atoms with van der Waals surface area (Å²) in [6, 6.07) is 4.93. The average Bonchev–Trinajstić information content (AvgIpc) is 3.12. The predicted octanol–water partition coefficient (Wildman–Crippen LogP) is 0.530. The number of oxazole rings is 1. The Morgan fingerprint density at radius 2 is 1.93 bits per heavy atom. The van der Waals surface area contributed by atoms with E-state index in [2.05, 4.69) is 19.9 Å². The highest BCUT2D eigenvalue weighted by molar-refractivity contribution is 5.96. The number of piperazine rings is 1. The van der Waals surface area contributed by atoms with Crippen LogP contribution >= 0.6 is 0 Å². The first kappa shape index (κ1) is 20.6. The summed E-state index contributed by atoms with van der Waals surface area (Å²) >= 11 is 0. The van der Waals surface area contributed by atoms with Crippen LogP contribution in [0.4, 0.5) is 4.79 Å². The number of nitrogens with one attached hydrogen (secondary N) is 1. The fraction of sp³-hybridized carbons (Fsp3) is 0.474. The lowest BCUT2D eigenvalue weighted by atomic mass is 10.2. The Morgan fingerprint density at radius 3 is 2.59 bits per heavy atom. The standard InChI is InChI=1S/C19H25N5O5/c1-22(2)18(26)13-4-5-15-14(10-13)21-16(29-15)12-23-6-8-24(9-7-23)19(27)20-11-17(25)28-3/h4-5,10H,6-9,11-12H2,1-3H3,(H,20,27). The van der Waals surface area contributed by atoms with Crippen LogP contribution in [0.25, 0.3) is 11.1 Å². The summed E-state index contributed by atoms with van der Waals surface area (Å²) in [5.41, 5.74) is 1.85. The van der Waals surface area contributed by atoms with Gasteiger partial charge in [-0.1, -0.05) is 0 Å². The molecule has 1 aromatic carbocycles. The van der Waals surface area contributed by atoms with Gasteiger partial charge < -0.3 is 24.3 Å². The SMILES string of the molecule is COC(=O)CNC(=O)N1CCN(Cc2nc3cc(C(=O)N(C)C)ccc3o2)CC1. The van der Waals surface area contributed by atoms with Crippen molar-refractivity contribution in [1.29, 1.82) is 0 Å². The van der Waals surface area contributed by atoms with E-state index in [1.54, 1.807) is 37.2 Å². The Bertz CT molecular complexity index is 902. The third-order valence-electron chi connectivity index (χ3n) is 4.71. The number of urea groups is 1. The molecule has 0 spiro atoms. The largest absolute Gasteiger partial charge is 0.468 e. The molecule has 0 aliphatic carbocycles. The Labute approximate surface area is 168 Å². The number of esters is 1. The summed E-state index contributed by atoms with van der Waals surface area (Å²) < 4.78 is 10.3. The zero-order chi connectivity index (χ0) is 21.0. The van der Waals surface area contributed by atoms with Crippen LogP contribution in [0.5, 0.6) is 0 Å². The number of hydrogen-bond donors (Lipinski definition) is 1. The van der Waals surface area contributed by atoms with Crippen molar-refractivity contribution in [2.24, 2.45) is 0 Å². The number of amides is 3. The molecule has 29 heavy (non-hydrogen) atoms. The van der Waals surface area contributed by atoms with E-state index in [4.69, 9.17) is 4.42 Å². The minimum absolute atomic E-state index is 0.0851. The second kappa shape index (κ2) is 8.91. The minimum atomic E-state index is -0.483. The van der Waals surface area contributed by atoms with Crippen LogP contribution in [0.15, 0.2) is 22.6 Å². The highest BCUT2D eigenvalue weighted by Gasteiger charge is 2.23. The third kappa shape index (κ3) is 5.02. The first-order valence-electron chi connectivity index (χ1n) is 9.30. The smallest absolute Gasteiger partial charge is 0.325 e. The molecule has 0 radical (unpaired) electrons. The van der Waals surface area contributed by atoms with Gasteiger partial charge in [0.15, 0.2) is 5.58 Å². The van der Waals surface area contributed by atoms with Gasteiger partial charge in [-0.25, -0.2) is 9.78 Å². The van der Waals surface area contributed by atoms with Crippen LogP contribution < -0.4 is 5.32 Å². The molecule has 3 amide bonds. The van der Waals surface area contributed by atoms with Gasteiger partial charge in [0.05, 0.1) is 13.7 Å². The molecule has 0 unspecified atom stereocenters. The van der Waals surface area contributed by atoms with Gasteiger partial charge in [0.25, 0.3) is 5.91 Å². The molecule has 1 N–H and O–H groups in total. The number of carbonyl (C=O) groups excluding carboxylic acids is 3. The van der Waals surface area contributed by atoms with Crippen LogP contribution in [0.3, 0.4) is 0 Å². The van der Waals surface area contributed by atoms with Crippen LogP contribution in [-0.4, -0.2) is 91.5 Å². The summed E-state index contributed by atoms with van der Waals surface area (Å²) in [5, 5.41) is 2.54. The molecule has 0 saturated carbocycles. The molecule has 1 aliphatic rings. The van der Waals surface area contributed by atoms with Crippen molar-refractivity contribution < 1.29 is 23.5 Å². The fourth-order valence-electron chi connectivity index (χ4n) is 3.07. The minimum Gasteiger partial charge on any atom is -0.468 e. The van der Waals surface area contributed by atoms with Gasteiger partial charge in [-0.3, -0.25) is 14.5 Å². The van der Waals surface area contributed by atoms with Crippen molar-refractivity contribution in [3.05, 3.63) is 29.7 Å². The number of ether oxygens (including phenoxy) is 1. The number of fused-ring (bicyclic) bond motifs is 1. The van der Waals surface area contributed by atoms with Gasteiger partial charge in [-0.15, -0.1) is 0 Å². The molecule has 2 heterocycles. The molecule has 0 atom stereocenters. The molecular weight excluding hydrogens is 378 g/mol. The van der Waals surface area contributed by atoms with Crippen molar-refractivity contribution in [2.75, 3.05) is 53.9 Å². The molecule has 10 heteroatoms. The van der Waals surface area contributed by atoms with E-state index in [1.165, 1.54) is 12.0 Å². The third-order valence-corrected chi connectivity index (χ3v) is 4.71. The van der Waals surface area contributed by atoms with Gasteiger partial charge in [0.1, 0.15) is 12.1 Å². The van der Waals surface area contributed by atoms with Crippen molar-refractivity contribution in [1.82, 2.24) is 25.0 Å². The number of carbonyl (C=O) groups is 3. The summed E-state index contributed by atoms with van der Waals surface area (Å²) in [6.07, 6.45) is 0. The summed E-state index contributed by atoms with van der Waals surface area (Å²) in [6.45, 7) is 2.77. The van der Waals surface area contributed by atoms with Crippen molar-refractivity contribution in [2.45, 2.75) is 6.54 Å². The van der Waals surface area contributed by atoms with E-state index in [-0.39, 0.29) is 18.5 Å². The van der Waals surface area contributed by atoms with Crippen LogP contribution in [0.2, 0.25) is 0 Å². The highest BCUT2D eigenvalue weighted by Crippen LogP contribution is 2.19. The normalized spacial score (nSPS) is 14.7. The van der Waals surface area contributed by atoms with Crippen molar-refractivity contribution >= 4 is 29.0 Å². The van der Waals surface area contributed by atoms with E-state index < -0.39 is 5.97 Å². The molecule has 2 aromatic rings. The maximum Gasteiger partial charge on any atom is 0.325 e. The van der Waals surface area contributed by atoms with Crippen molar-refractivity contribution in [3.63, 3.8) is 0 Å². The Hall–Kier alpha value is -3.14. The number of benzene rings is 1.